The zero-order valence-corrected chi connectivity index (χ0v) is 6.59. The second kappa shape index (κ2) is 1.97. The van der Waals surface area contributed by atoms with E-state index in [-0.39, 0.29) is 0 Å². The van der Waals surface area contributed by atoms with Gasteiger partial charge in [-0.05, 0) is 26.7 Å². The third kappa shape index (κ3) is 0.825. The second-order valence-corrected chi connectivity index (χ2v) is 3.58. The van der Waals surface area contributed by atoms with Crippen LogP contribution in [0.15, 0.2) is 4.99 Å². The van der Waals surface area contributed by atoms with Crippen LogP contribution >= 0.6 is 0 Å². The molecule has 1 N–H and O–H groups in total. The first-order valence-electron chi connectivity index (χ1n) is 4.10. The summed E-state index contributed by atoms with van der Waals surface area (Å²) in [6.07, 6.45) is 2.57. The van der Waals surface area contributed by atoms with Crippen LogP contribution < -0.4 is 5.32 Å². The summed E-state index contributed by atoms with van der Waals surface area (Å²) in [5.74, 6) is 2.05. The zero-order chi connectivity index (χ0) is 7.14. The summed E-state index contributed by atoms with van der Waals surface area (Å²) in [7, 11) is 0. The summed E-state index contributed by atoms with van der Waals surface area (Å²) in [5.41, 5.74) is 0. The van der Waals surface area contributed by atoms with Crippen LogP contribution in [-0.2, 0) is 0 Å². The lowest BCUT2D eigenvalue weighted by molar-refractivity contribution is 0.541. The lowest BCUT2D eigenvalue weighted by Crippen LogP contribution is -2.22. The number of amidine groups is 1. The van der Waals surface area contributed by atoms with Gasteiger partial charge in [0.15, 0.2) is 0 Å². The van der Waals surface area contributed by atoms with Gasteiger partial charge >= 0.3 is 0 Å². The predicted molar refractivity (Wildman–Crippen MR) is 42.2 cm³/mol. The average Bonchev–Trinajstić information content (AvgIpc) is 2.21. The zero-order valence-electron chi connectivity index (χ0n) is 6.59. The van der Waals surface area contributed by atoms with Crippen LogP contribution in [0.1, 0.15) is 26.7 Å². The summed E-state index contributed by atoms with van der Waals surface area (Å²) >= 11 is 0. The molecule has 0 aromatic carbocycles. The fourth-order valence-electron chi connectivity index (χ4n) is 2.02. The molecule has 2 nitrogen and oxygen atoms in total. The molecule has 2 rings (SSSR count). The molecule has 0 aromatic heterocycles. The molecule has 1 saturated heterocycles. The molecule has 3 unspecified atom stereocenters. The molecule has 0 bridgehead atoms. The van der Waals surface area contributed by atoms with Crippen molar-refractivity contribution >= 4 is 5.84 Å². The van der Waals surface area contributed by atoms with Gasteiger partial charge in [-0.2, -0.15) is 0 Å². The molecule has 0 radical (unpaired) electrons. The maximum Gasteiger partial charge on any atom is 0.100 e. The van der Waals surface area contributed by atoms with E-state index < -0.39 is 0 Å². The summed E-state index contributed by atoms with van der Waals surface area (Å²) in [4.78, 5) is 4.51. The molecular formula is C8H14N2. The van der Waals surface area contributed by atoms with Crippen molar-refractivity contribution in [2.45, 2.75) is 38.8 Å². The quantitative estimate of drug-likeness (QED) is 0.534. The van der Waals surface area contributed by atoms with Crippen molar-refractivity contribution in [1.82, 2.24) is 5.32 Å². The number of aliphatic imine (C=N–C) groups is 1. The van der Waals surface area contributed by atoms with E-state index in [0.29, 0.717) is 12.1 Å². The molecular weight excluding hydrogens is 124 g/mol. The molecule has 1 fully saturated rings. The molecule has 2 aliphatic rings. The summed E-state index contributed by atoms with van der Waals surface area (Å²) in [6.45, 7) is 4.42. The Hall–Kier alpha value is -0.530. The number of fused-ring (bicyclic) bond motifs is 1. The highest BCUT2D eigenvalue weighted by Crippen LogP contribution is 2.27. The topological polar surface area (TPSA) is 24.4 Å². The van der Waals surface area contributed by atoms with Crippen LogP contribution in [0.2, 0.25) is 0 Å². The van der Waals surface area contributed by atoms with Gasteiger partial charge in [0.05, 0.1) is 0 Å². The highest BCUT2D eigenvalue weighted by Gasteiger charge is 2.32. The van der Waals surface area contributed by atoms with Gasteiger partial charge in [0.25, 0.3) is 0 Å². The van der Waals surface area contributed by atoms with Crippen molar-refractivity contribution < 1.29 is 0 Å². The first-order chi connectivity index (χ1) is 4.75. The van der Waals surface area contributed by atoms with Crippen LogP contribution in [0.25, 0.3) is 0 Å². The monoisotopic (exact) mass is 138 g/mol. The van der Waals surface area contributed by atoms with E-state index in [9.17, 15) is 0 Å². The fraction of sp³-hybridized carbons (Fsp3) is 0.875. The first-order valence-corrected chi connectivity index (χ1v) is 4.10. The van der Waals surface area contributed by atoms with Gasteiger partial charge in [-0.3, -0.25) is 4.99 Å². The molecule has 0 aromatic rings. The van der Waals surface area contributed by atoms with E-state index in [2.05, 4.69) is 24.2 Å². The summed E-state index contributed by atoms with van der Waals surface area (Å²) in [5, 5.41) is 3.40. The minimum absolute atomic E-state index is 0.569. The van der Waals surface area contributed by atoms with Crippen LogP contribution in [0, 0.1) is 5.92 Å². The third-order valence-corrected chi connectivity index (χ3v) is 2.40. The highest BCUT2D eigenvalue weighted by atomic mass is 15.1. The predicted octanol–water partition coefficient (Wildman–Crippen LogP) is 1.18. The van der Waals surface area contributed by atoms with Crippen molar-refractivity contribution in [3.05, 3.63) is 0 Å². The molecule has 0 spiro atoms. The highest BCUT2D eigenvalue weighted by molar-refractivity contribution is 5.88. The molecule has 0 saturated carbocycles. The summed E-state index contributed by atoms with van der Waals surface area (Å²) in [6, 6.07) is 1.23. The lowest BCUT2D eigenvalue weighted by Gasteiger charge is -2.03. The second-order valence-electron chi connectivity index (χ2n) is 3.58. The minimum atomic E-state index is 0.569. The molecule has 10 heavy (non-hydrogen) atoms. The van der Waals surface area contributed by atoms with Crippen molar-refractivity contribution in [1.29, 1.82) is 0 Å². The molecule has 2 heterocycles. The number of hydrogen-bond acceptors (Lipinski definition) is 2. The Morgan fingerprint density at radius 1 is 1.40 bits per heavy atom. The van der Waals surface area contributed by atoms with Gasteiger partial charge in [0.2, 0.25) is 0 Å². The van der Waals surface area contributed by atoms with E-state index in [0.717, 1.165) is 5.92 Å². The lowest BCUT2D eigenvalue weighted by atomic mass is 10.0. The van der Waals surface area contributed by atoms with Crippen molar-refractivity contribution in [2.75, 3.05) is 0 Å². The van der Waals surface area contributed by atoms with Crippen LogP contribution in [-0.4, -0.2) is 17.9 Å². The number of hydrogen-bond donors (Lipinski definition) is 1. The molecule has 0 aliphatic carbocycles. The Balaban J connectivity index is 2.14. The maximum atomic E-state index is 4.51. The van der Waals surface area contributed by atoms with E-state index >= 15 is 0 Å². The third-order valence-electron chi connectivity index (χ3n) is 2.40. The molecule has 3 atom stereocenters. The number of nitrogens with zero attached hydrogens (tertiary/aromatic N) is 1. The van der Waals surface area contributed by atoms with Crippen molar-refractivity contribution in [2.24, 2.45) is 10.9 Å². The SMILES string of the molecule is CC1CC2CC(C)NC2=N1. The number of rotatable bonds is 0. The Morgan fingerprint density at radius 2 is 2.20 bits per heavy atom. The van der Waals surface area contributed by atoms with E-state index in [1.54, 1.807) is 0 Å². The molecule has 56 valence electrons. The Morgan fingerprint density at radius 3 is 2.90 bits per heavy atom. The maximum absolute atomic E-state index is 4.51. The smallest absolute Gasteiger partial charge is 0.100 e. The van der Waals surface area contributed by atoms with Gasteiger partial charge in [-0.1, -0.05) is 0 Å². The van der Waals surface area contributed by atoms with Gasteiger partial charge in [0.1, 0.15) is 5.84 Å². The molecule has 0 amide bonds. The normalized spacial score (nSPS) is 44.6. The molecule has 2 aliphatic heterocycles. The van der Waals surface area contributed by atoms with Gasteiger partial charge in [-0.15, -0.1) is 0 Å². The van der Waals surface area contributed by atoms with Crippen molar-refractivity contribution in [3.63, 3.8) is 0 Å². The standard InChI is InChI=1S/C8H14N2/c1-5-3-7-4-6(2)10-8(7)9-5/h5-7H,3-4H2,1-2H3,(H,9,10). The fourth-order valence-corrected chi connectivity index (χ4v) is 2.02. The first kappa shape index (κ1) is 6.20. The van der Waals surface area contributed by atoms with Crippen LogP contribution in [0.5, 0.6) is 0 Å². The van der Waals surface area contributed by atoms with Crippen LogP contribution in [0.3, 0.4) is 0 Å². The van der Waals surface area contributed by atoms with E-state index in [1.807, 2.05) is 0 Å². The average molecular weight is 138 g/mol. The Labute approximate surface area is 61.7 Å². The van der Waals surface area contributed by atoms with E-state index in [1.165, 1.54) is 18.7 Å². The van der Waals surface area contributed by atoms with Gasteiger partial charge in [0, 0.05) is 18.0 Å². The van der Waals surface area contributed by atoms with Crippen molar-refractivity contribution in [3.8, 4) is 0 Å². The van der Waals surface area contributed by atoms with Gasteiger partial charge < -0.3 is 5.32 Å². The Kier molecular flexibility index (Phi) is 1.22. The summed E-state index contributed by atoms with van der Waals surface area (Å²) < 4.78 is 0. The Bertz CT molecular complexity index is 174. The molecule has 2 heteroatoms. The minimum Gasteiger partial charge on any atom is -0.371 e. The van der Waals surface area contributed by atoms with E-state index in [4.69, 9.17) is 0 Å². The largest absolute Gasteiger partial charge is 0.371 e. The van der Waals surface area contributed by atoms with Gasteiger partial charge in [-0.25, -0.2) is 0 Å². The number of nitrogens with one attached hydrogen (secondary N) is 1. The van der Waals surface area contributed by atoms with Crippen LogP contribution in [0.4, 0.5) is 0 Å².